The van der Waals surface area contributed by atoms with Gasteiger partial charge in [0.1, 0.15) is 6.61 Å². The highest BCUT2D eigenvalue weighted by molar-refractivity contribution is 5.67. The van der Waals surface area contributed by atoms with Crippen molar-refractivity contribution in [2.24, 2.45) is 5.92 Å². The van der Waals surface area contributed by atoms with Crippen LogP contribution in [0, 0.1) is 5.92 Å². The number of aryl methyl sites for hydroxylation is 1. The highest BCUT2D eigenvalue weighted by Gasteiger charge is 2.24. The summed E-state index contributed by atoms with van der Waals surface area (Å²) in [4.78, 5) is 18.2. The number of hydrogen-bond acceptors (Lipinski definition) is 3. The summed E-state index contributed by atoms with van der Waals surface area (Å²) < 4.78 is 7.66. The lowest BCUT2D eigenvalue weighted by molar-refractivity contribution is 0.0806. The van der Waals surface area contributed by atoms with E-state index in [1.54, 1.807) is 0 Å². The minimum Gasteiger partial charge on any atom is -0.445 e. The lowest BCUT2D eigenvalue weighted by atomic mass is 9.97. The normalized spacial score (nSPS) is 15.5. The second kappa shape index (κ2) is 7.99. The molecule has 1 aliphatic rings. The molecule has 1 aromatic heterocycles. The van der Waals surface area contributed by atoms with E-state index < -0.39 is 0 Å². The Morgan fingerprint density at radius 2 is 2.00 bits per heavy atom. The van der Waals surface area contributed by atoms with Gasteiger partial charge in [-0.2, -0.15) is 0 Å². The maximum absolute atomic E-state index is 12.2. The topological polar surface area (TPSA) is 47.4 Å². The number of piperidine rings is 1. The summed E-state index contributed by atoms with van der Waals surface area (Å²) in [5.74, 6) is 0.600. The molecule has 3 rings (SSSR count). The number of amides is 1. The highest BCUT2D eigenvalue weighted by Crippen LogP contribution is 2.20. The molecule has 5 heteroatoms. The van der Waals surface area contributed by atoms with E-state index in [0.717, 1.165) is 44.5 Å². The second-order valence-corrected chi connectivity index (χ2v) is 6.36. The van der Waals surface area contributed by atoms with Crippen LogP contribution in [0.3, 0.4) is 0 Å². The average Bonchev–Trinajstić information content (AvgIpc) is 3.08. The van der Waals surface area contributed by atoms with Gasteiger partial charge in [-0.1, -0.05) is 37.3 Å². The number of hydrogen-bond donors (Lipinski definition) is 0. The Labute approximate surface area is 143 Å². The molecule has 24 heavy (non-hydrogen) atoms. The summed E-state index contributed by atoms with van der Waals surface area (Å²) in [5, 5.41) is 0. The van der Waals surface area contributed by atoms with E-state index in [1.807, 2.05) is 47.8 Å². The zero-order valence-corrected chi connectivity index (χ0v) is 14.2. The van der Waals surface area contributed by atoms with E-state index in [9.17, 15) is 4.79 Å². The molecule has 0 spiro atoms. The first-order chi connectivity index (χ1) is 11.8. The average molecular weight is 327 g/mol. The van der Waals surface area contributed by atoms with Crippen molar-refractivity contribution >= 4 is 6.09 Å². The number of benzene rings is 1. The van der Waals surface area contributed by atoms with Crippen LogP contribution in [0.2, 0.25) is 0 Å². The fourth-order valence-corrected chi connectivity index (χ4v) is 3.19. The van der Waals surface area contributed by atoms with Gasteiger partial charge in [-0.3, -0.25) is 0 Å². The number of imidazole rings is 1. The van der Waals surface area contributed by atoms with Crippen molar-refractivity contribution in [2.75, 3.05) is 13.1 Å². The fraction of sp³-hybridized carbons (Fsp3) is 0.474. The van der Waals surface area contributed by atoms with Gasteiger partial charge in [0.2, 0.25) is 0 Å². The Balaban J connectivity index is 1.43. The van der Waals surface area contributed by atoms with E-state index in [0.29, 0.717) is 12.5 Å². The number of nitrogens with zero attached hydrogens (tertiary/aromatic N) is 3. The smallest absolute Gasteiger partial charge is 0.410 e. The van der Waals surface area contributed by atoms with Crippen LogP contribution in [0.4, 0.5) is 4.79 Å². The van der Waals surface area contributed by atoms with Gasteiger partial charge in [-0.05, 0) is 30.7 Å². The van der Waals surface area contributed by atoms with Gasteiger partial charge in [0.25, 0.3) is 0 Å². The molecule has 1 amide bonds. The molecule has 5 nitrogen and oxygen atoms in total. The molecule has 0 radical (unpaired) electrons. The van der Waals surface area contributed by atoms with Crippen molar-refractivity contribution in [1.29, 1.82) is 0 Å². The van der Waals surface area contributed by atoms with Gasteiger partial charge in [0.05, 0.1) is 6.33 Å². The van der Waals surface area contributed by atoms with Crippen molar-refractivity contribution in [1.82, 2.24) is 14.5 Å². The van der Waals surface area contributed by atoms with E-state index in [2.05, 4.69) is 16.5 Å². The summed E-state index contributed by atoms with van der Waals surface area (Å²) >= 11 is 0. The van der Waals surface area contributed by atoms with Crippen molar-refractivity contribution < 1.29 is 9.53 Å². The molecule has 0 unspecified atom stereocenters. The highest BCUT2D eigenvalue weighted by atomic mass is 16.6. The number of ether oxygens (including phenoxy) is 1. The molecule has 128 valence electrons. The quantitative estimate of drug-likeness (QED) is 0.844. The van der Waals surface area contributed by atoms with Gasteiger partial charge in [-0.25, -0.2) is 9.78 Å². The van der Waals surface area contributed by atoms with Gasteiger partial charge in [0, 0.05) is 31.5 Å². The predicted octanol–water partition coefficient (Wildman–Crippen LogP) is 3.49. The first-order valence-corrected chi connectivity index (χ1v) is 8.71. The van der Waals surface area contributed by atoms with E-state index in [1.165, 1.54) is 5.69 Å². The van der Waals surface area contributed by atoms with Gasteiger partial charge >= 0.3 is 6.09 Å². The first-order valence-electron chi connectivity index (χ1n) is 8.71. The molecule has 0 bridgehead atoms. The van der Waals surface area contributed by atoms with E-state index in [4.69, 9.17) is 4.74 Å². The molecule has 1 fully saturated rings. The second-order valence-electron chi connectivity index (χ2n) is 6.36. The maximum Gasteiger partial charge on any atom is 0.410 e. The van der Waals surface area contributed by atoms with Crippen LogP contribution in [0.15, 0.2) is 42.9 Å². The van der Waals surface area contributed by atoms with Crippen molar-refractivity contribution in [3.8, 4) is 0 Å². The lowest BCUT2D eigenvalue weighted by Crippen LogP contribution is -2.39. The number of likely N-dealkylation sites (tertiary alicyclic amines) is 1. The third-order valence-corrected chi connectivity index (χ3v) is 4.69. The molecule has 0 aliphatic carbocycles. The number of carbonyl (C=O) groups is 1. The minimum atomic E-state index is -0.200. The Bertz CT molecular complexity index is 646. The molecule has 1 aliphatic heterocycles. The summed E-state index contributed by atoms with van der Waals surface area (Å²) in [6, 6.07) is 9.80. The molecule has 2 aromatic rings. The molecular weight excluding hydrogens is 302 g/mol. The Morgan fingerprint density at radius 1 is 1.25 bits per heavy atom. The van der Waals surface area contributed by atoms with Crippen LogP contribution in [0.25, 0.3) is 0 Å². The Kier molecular flexibility index (Phi) is 5.51. The first kappa shape index (κ1) is 16.6. The third kappa shape index (κ3) is 4.16. The lowest BCUT2D eigenvalue weighted by Gasteiger charge is -2.31. The zero-order valence-electron chi connectivity index (χ0n) is 14.2. The summed E-state index contributed by atoms with van der Waals surface area (Å²) in [6.45, 7) is 5.03. The van der Waals surface area contributed by atoms with Crippen molar-refractivity contribution in [3.05, 3.63) is 54.1 Å². The molecule has 0 saturated carbocycles. The Morgan fingerprint density at radius 3 is 2.71 bits per heavy atom. The summed E-state index contributed by atoms with van der Waals surface area (Å²) in [7, 11) is 0. The number of rotatable bonds is 5. The summed E-state index contributed by atoms with van der Waals surface area (Å²) in [5.41, 5.74) is 2.30. The number of carbonyl (C=O) groups excluding carboxylic acids is 1. The third-order valence-electron chi connectivity index (χ3n) is 4.69. The predicted molar refractivity (Wildman–Crippen MR) is 92.5 cm³/mol. The standard InChI is InChI=1S/C19H25N3O2/c1-2-18-12-20-15-22(18)13-16-8-10-21(11-9-16)19(23)24-14-17-6-4-3-5-7-17/h3-7,12,15-16H,2,8-11,13-14H2,1H3. The molecule has 2 heterocycles. The molecule has 0 atom stereocenters. The van der Waals surface area contributed by atoms with Gasteiger partial charge < -0.3 is 14.2 Å². The maximum atomic E-state index is 12.2. The molecular formula is C19H25N3O2. The van der Waals surface area contributed by atoms with E-state index in [-0.39, 0.29) is 6.09 Å². The van der Waals surface area contributed by atoms with Crippen molar-refractivity contribution in [3.63, 3.8) is 0 Å². The van der Waals surface area contributed by atoms with Crippen LogP contribution in [-0.2, 0) is 24.3 Å². The number of aromatic nitrogens is 2. The van der Waals surface area contributed by atoms with Crippen LogP contribution in [0.5, 0.6) is 0 Å². The minimum absolute atomic E-state index is 0.200. The zero-order chi connectivity index (χ0) is 16.8. The Hall–Kier alpha value is -2.30. The van der Waals surface area contributed by atoms with Crippen LogP contribution in [0.1, 0.15) is 31.0 Å². The van der Waals surface area contributed by atoms with Gasteiger partial charge in [0.15, 0.2) is 0 Å². The summed E-state index contributed by atoms with van der Waals surface area (Å²) in [6.07, 6.45) is 6.69. The van der Waals surface area contributed by atoms with Gasteiger partial charge in [-0.15, -0.1) is 0 Å². The monoisotopic (exact) mass is 327 g/mol. The molecule has 0 N–H and O–H groups in total. The van der Waals surface area contributed by atoms with Crippen LogP contribution in [-0.4, -0.2) is 33.6 Å². The fourth-order valence-electron chi connectivity index (χ4n) is 3.19. The largest absolute Gasteiger partial charge is 0.445 e. The van der Waals surface area contributed by atoms with E-state index >= 15 is 0 Å². The van der Waals surface area contributed by atoms with Crippen LogP contribution >= 0.6 is 0 Å². The van der Waals surface area contributed by atoms with Crippen LogP contribution < -0.4 is 0 Å². The molecule has 1 aromatic carbocycles. The SMILES string of the molecule is CCc1cncn1CC1CCN(C(=O)OCc2ccccc2)CC1. The molecule has 1 saturated heterocycles. The van der Waals surface area contributed by atoms with Crippen molar-refractivity contribution in [2.45, 2.75) is 39.3 Å².